The zero-order chi connectivity index (χ0) is 20.4. The Morgan fingerprint density at radius 1 is 1.18 bits per heavy atom. The van der Waals surface area contributed by atoms with Crippen molar-refractivity contribution in [3.8, 4) is 5.75 Å². The third kappa shape index (κ3) is 7.20. The van der Waals surface area contributed by atoms with Crippen molar-refractivity contribution in [1.29, 1.82) is 0 Å². The van der Waals surface area contributed by atoms with Crippen LogP contribution in [0.15, 0.2) is 42.6 Å². The topological polar surface area (TPSA) is 118 Å². The summed E-state index contributed by atoms with van der Waals surface area (Å²) in [5.41, 5.74) is 0.929. The number of benzene rings is 1. The first-order chi connectivity index (χ1) is 13.5. The van der Waals surface area contributed by atoms with Gasteiger partial charge in [0.1, 0.15) is 36.9 Å². The Balaban J connectivity index is 1.61. The molecule has 0 bridgehead atoms. The first kappa shape index (κ1) is 21.1. The van der Waals surface area contributed by atoms with Crippen LogP contribution in [0.4, 0.5) is 11.5 Å². The molecule has 0 saturated carbocycles. The lowest BCUT2D eigenvalue weighted by atomic mass is 10.1. The van der Waals surface area contributed by atoms with E-state index in [2.05, 4.69) is 5.32 Å². The highest BCUT2D eigenvalue weighted by molar-refractivity contribution is 5.75. The molecule has 9 nitrogen and oxygen atoms in total. The first-order valence-corrected chi connectivity index (χ1v) is 8.86. The molecule has 0 aliphatic carbocycles. The predicted octanol–water partition coefficient (Wildman–Crippen LogP) is 2.26. The molecule has 0 amide bonds. The molecule has 0 radical (unpaired) electrons. The molecule has 1 aromatic heterocycles. The highest BCUT2D eigenvalue weighted by Gasteiger charge is 2.12. The number of aromatic nitrogens is 1. The van der Waals surface area contributed by atoms with Gasteiger partial charge in [0, 0.05) is 6.42 Å². The van der Waals surface area contributed by atoms with E-state index in [1.54, 1.807) is 6.92 Å². The van der Waals surface area contributed by atoms with Crippen LogP contribution in [-0.4, -0.2) is 37.1 Å². The SMILES string of the molecule is CC(=O)CCc1ccc(OCCOCCNc2cc([N+](=O)[O-])cc[n+]2[O-])cc1. The van der Waals surface area contributed by atoms with Gasteiger partial charge in [0.05, 0.1) is 24.2 Å². The van der Waals surface area contributed by atoms with Crippen molar-refractivity contribution >= 4 is 17.3 Å². The number of nitro groups is 1. The minimum absolute atomic E-state index is 0.0962. The molecule has 2 rings (SSSR count). The van der Waals surface area contributed by atoms with E-state index in [-0.39, 0.29) is 17.3 Å². The number of hydrogen-bond acceptors (Lipinski definition) is 7. The molecular weight excluding hydrogens is 366 g/mol. The average Bonchev–Trinajstić information content (AvgIpc) is 2.67. The van der Waals surface area contributed by atoms with E-state index in [4.69, 9.17) is 9.47 Å². The molecular formula is C19H23N3O6. The number of carbonyl (C=O) groups is 1. The molecule has 150 valence electrons. The Morgan fingerprint density at radius 3 is 2.61 bits per heavy atom. The van der Waals surface area contributed by atoms with E-state index in [0.29, 0.717) is 37.5 Å². The number of nitrogens with one attached hydrogen (secondary N) is 1. The molecule has 0 aliphatic rings. The Labute approximate surface area is 162 Å². The number of rotatable bonds is 12. The number of ketones is 1. The Kier molecular flexibility index (Phi) is 8.16. The number of carbonyl (C=O) groups excluding carboxylic acids is 1. The minimum Gasteiger partial charge on any atom is -0.711 e. The van der Waals surface area contributed by atoms with Crippen molar-refractivity contribution < 1.29 is 23.9 Å². The normalized spacial score (nSPS) is 10.5. The standard InChI is InChI=1S/C19H23N3O6/c1-15(23)2-3-16-4-6-18(7-5-16)28-13-12-27-11-9-20-19-14-17(22(25)26)8-10-21(19)24/h4-8,10,14,20H,2-3,9,11-13H2,1H3. The molecule has 1 N–H and O–H groups in total. The van der Waals surface area contributed by atoms with Crippen LogP contribution >= 0.6 is 0 Å². The molecule has 0 aliphatic heterocycles. The minimum atomic E-state index is -0.561. The van der Waals surface area contributed by atoms with Crippen LogP contribution < -0.4 is 14.8 Å². The maximum atomic E-state index is 11.6. The summed E-state index contributed by atoms with van der Waals surface area (Å²) >= 11 is 0. The highest BCUT2D eigenvalue weighted by atomic mass is 16.6. The molecule has 0 unspecified atom stereocenters. The van der Waals surface area contributed by atoms with Gasteiger partial charge in [-0.05, 0) is 31.0 Å². The quantitative estimate of drug-likeness (QED) is 0.194. The zero-order valence-corrected chi connectivity index (χ0v) is 15.6. The van der Waals surface area contributed by atoms with Crippen molar-refractivity contribution in [1.82, 2.24) is 0 Å². The van der Waals surface area contributed by atoms with Gasteiger partial charge in [-0.25, -0.2) is 4.73 Å². The van der Waals surface area contributed by atoms with Gasteiger partial charge in [-0.2, -0.15) is 0 Å². The number of aryl methyl sites for hydroxylation is 1. The summed E-state index contributed by atoms with van der Waals surface area (Å²) in [5, 5.41) is 25.1. The van der Waals surface area contributed by atoms with E-state index in [0.717, 1.165) is 30.0 Å². The van der Waals surface area contributed by atoms with Crippen molar-refractivity contribution in [2.75, 3.05) is 31.7 Å². The molecule has 0 fully saturated rings. The monoisotopic (exact) mass is 389 g/mol. The molecule has 0 saturated heterocycles. The van der Waals surface area contributed by atoms with Crippen molar-refractivity contribution in [2.45, 2.75) is 19.8 Å². The van der Waals surface area contributed by atoms with E-state index >= 15 is 0 Å². The Hall–Kier alpha value is -3.20. The third-order valence-corrected chi connectivity index (χ3v) is 3.85. The molecule has 1 heterocycles. The summed E-state index contributed by atoms with van der Waals surface area (Å²) in [4.78, 5) is 21.1. The predicted molar refractivity (Wildman–Crippen MR) is 102 cm³/mol. The average molecular weight is 389 g/mol. The fourth-order valence-corrected chi connectivity index (χ4v) is 2.36. The number of pyridine rings is 1. The number of anilines is 1. The summed E-state index contributed by atoms with van der Waals surface area (Å²) in [7, 11) is 0. The van der Waals surface area contributed by atoms with Gasteiger partial charge in [-0.3, -0.25) is 15.4 Å². The van der Waals surface area contributed by atoms with E-state index in [9.17, 15) is 20.1 Å². The van der Waals surface area contributed by atoms with Gasteiger partial charge in [-0.1, -0.05) is 12.1 Å². The highest BCUT2D eigenvalue weighted by Crippen LogP contribution is 2.14. The zero-order valence-electron chi connectivity index (χ0n) is 15.6. The van der Waals surface area contributed by atoms with E-state index in [1.165, 1.54) is 6.07 Å². The lowest BCUT2D eigenvalue weighted by Crippen LogP contribution is -2.31. The van der Waals surface area contributed by atoms with E-state index < -0.39 is 4.92 Å². The third-order valence-electron chi connectivity index (χ3n) is 3.85. The summed E-state index contributed by atoms with van der Waals surface area (Å²) in [6.07, 6.45) is 2.34. The second-order valence-corrected chi connectivity index (χ2v) is 6.09. The maximum absolute atomic E-state index is 11.6. The van der Waals surface area contributed by atoms with Crippen molar-refractivity contribution in [2.24, 2.45) is 0 Å². The van der Waals surface area contributed by atoms with Crippen LogP contribution in [0.25, 0.3) is 0 Å². The summed E-state index contributed by atoms with van der Waals surface area (Å²) in [6, 6.07) is 9.89. The smallest absolute Gasteiger partial charge is 0.284 e. The van der Waals surface area contributed by atoms with Gasteiger partial charge in [-0.15, -0.1) is 0 Å². The van der Waals surface area contributed by atoms with Gasteiger partial charge < -0.3 is 19.5 Å². The second-order valence-electron chi connectivity index (χ2n) is 6.09. The van der Waals surface area contributed by atoms with Crippen LogP contribution in [0.5, 0.6) is 5.75 Å². The molecule has 0 atom stereocenters. The summed E-state index contributed by atoms with van der Waals surface area (Å²) in [6.45, 7) is 2.95. The van der Waals surface area contributed by atoms with Gasteiger partial charge in [0.2, 0.25) is 0 Å². The molecule has 2 aromatic rings. The fourth-order valence-electron chi connectivity index (χ4n) is 2.36. The summed E-state index contributed by atoms with van der Waals surface area (Å²) in [5.74, 6) is 0.985. The van der Waals surface area contributed by atoms with E-state index in [1.807, 2.05) is 24.3 Å². The van der Waals surface area contributed by atoms with Crippen LogP contribution in [0.2, 0.25) is 0 Å². The molecule has 0 spiro atoms. The van der Waals surface area contributed by atoms with Crippen LogP contribution in [-0.2, 0) is 16.0 Å². The Bertz CT molecular complexity index is 795. The Morgan fingerprint density at radius 2 is 1.93 bits per heavy atom. The number of Topliss-reactive ketones (excluding diaryl/α,β-unsaturated/α-hetero) is 1. The molecule has 1 aromatic carbocycles. The fraction of sp³-hybridized carbons (Fsp3) is 0.368. The molecule has 9 heteroatoms. The van der Waals surface area contributed by atoms with Gasteiger partial charge in [0.25, 0.3) is 11.5 Å². The van der Waals surface area contributed by atoms with Crippen LogP contribution in [0.1, 0.15) is 18.9 Å². The van der Waals surface area contributed by atoms with Crippen LogP contribution in [0.3, 0.4) is 0 Å². The van der Waals surface area contributed by atoms with Gasteiger partial charge >= 0.3 is 0 Å². The van der Waals surface area contributed by atoms with Crippen molar-refractivity contribution in [3.63, 3.8) is 0 Å². The van der Waals surface area contributed by atoms with Crippen molar-refractivity contribution in [3.05, 3.63) is 63.5 Å². The lowest BCUT2D eigenvalue weighted by molar-refractivity contribution is -0.591. The second kappa shape index (κ2) is 10.8. The van der Waals surface area contributed by atoms with Gasteiger partial charge in [0.15, 0.2) is 0 Å². The molecule has 28 heavy (non-hydrogen) atoms. The number of ether oxygens (including phenoxy) is 2. The number of nitrogens with zero attached hydrogens (tertiary/aromatic N) is 2. The van der Waals surface area contributed by atoms with Crippen LogP contribution in [0, 0.1) is 15.3 Å². The first-order valence-electron chi connectivity index (χ1n) is 8.86. The maximum Gasteiger partial charge on any atom is 0.284 e. The largest absolute Gasteiger partial charge is 0.711 e. The summed E-state index contributed by atoms with van der Waals surface area (Å²) < 4.78 is 11.5. The lowest BCUT2D eigenvalue weighted by Gasteiger charge is -2.09. The number of hydrogen-bond donors (Lipinski definition) is 1.